The van der Waals surface area contributed by atoms with Gasteiger partial charge in [-0.2, -0.15) is 16.8 Å². The molecule has 38 heavy (non-hydrogen) atoms. The average Bonchev–Trinajstić information content (AvgIpc) is 2.87. The van der Waals surface area contributed by atoms with E-state index in [1.165, 1.54) is 36.4 Å². The van der Waals surface area contributed by atoms with Crippen molar-refractivity contribution in [1.29, 1.82) is 0 Å². The zero-order valence-electron chi connectivity index (χ0n) is 19.5. The van der Waals surface area contributed by atoms with E-state index in [1.54, 1.807) is 24.3 Å². The molecule has 0 heterocycles. The zero-order chi connectivity index (χ0) is 27.5. The van der Waals surface area contributed by atoms with Crippen LogP contribution in [0, 0.1) is 0 Å². The third-order valence-corrected chi connectivity index (χ3v) is 7.98. The molecule has 10 heteroatoms. The van der Waals surface area contributed by atoms with Gasteiger partial charge in [0.15, 0.2) is 0 Å². The van der Waals surface area contributed by atoms with Gasteiger partial charge >= 0.3 is 0 Å². The predicted molar refractivity (Wildman–Crippen MR) is 152 cm³/mol. The molecule has 0 bridgehead atoms. The van der Waals surface area contributed by atoms with Gasteiger partial charge in [0.2, 0.25) is 0 Å². The van der Waals surface area contributed by atoms with E-state index in [1.807, 2.05) is 48.5 Å². The first kappa shape index (κ1) is 27.8. The van der Waals surface area contributed by atoms with E-state index >= 15 is 0 Å². The summed E-state index contributed by atoms with van der Waals surface area (Å²) in [5.74, 6) is 0. The monoisotopic (exact) mass is 586 g/mol. The van der Waals surface area contributed by atoms with Crippen LogP contribution < -0.4 is 0 Å². The predicted octanol–water partition coefficient (Wildman–Crippen LogP) is 7.49. The van der Waals surface area contributed by atoms with Crippen molar-refractivity contribution in [2.24, 2.45) is 0 Å². The fourth-order valence-electron chi connectivity index (χ4n) is 3.57. The molecule has 6 nitrogen and oxygen atoms in total. The van der Waals surface area contributed by atoms with Crippen LogP contribution in [0.15, 0.2) is 94.7 Å². The fourth-order valence-corrected chi connectivity index (χ4v) is 4.96. The van der Waals surface area contributed by atoms with E-state index in [-0.39, 0.29) is 9.79 Å². The molecule has 0 saturated carbocycles. The largest absolute Gasteiger partial charge is 0.294 e. The zero-order valence-corrected chi connectivity index (χ0v) is 22.6. The Morgan fingerprint density at radius 2 is 0.842 bits per heavy atom. The minimum atomic E-state index is -4.33. The lowest BCUT2D eigenvalue weighted by molar-refractivity contribution is 0.481. The average molecular weight is 588 g/mol. The lowest BCUT2D eigenvalue weighted by Gasteiger charge is -2.05. The highest BCUT2D eigenvalue weighted by Gasteiger charge is 2.12. The molecule has 0 saturated heterocycles. The van der Waals surface area contributed by atoms with Crippen LogP contribution in [-0.2, 0) is 20.2 Å². The smallest absolute Gasteiger partial charge is 0.282 e. The highest BCUT2D eigenvalue weighted by atomic mass is 35.5. The van der Waals surface area contributed by atoms with E-state index in [0.29, 0.717) is 21.2 Å². The summed E-state index contributed by atoms with van der Waals surface area (Å²) in [7, 11) is -8.65. The van der Waals surface area contributed by atoms with Crippen LogP contribution >= 0.6 is 23.2 Å². The van der Waals surface area contributed by atoms with Crippen LogP contribution in [0.4, 0.5) is 0 Å². The maximum atomic E-state index is 11.4. The Balaban J connectivity index is 1.48. The van der Waals surface area contributed by atoms with Crippen molar-refractivity contribution in [2.45, 2.75) is 9.79 Å². The van der Waals surface area contributed by atoms with E-state index < -0.39 is 20.2 Å². The van der Waals surface area contributed by atoms with Crippen LogP contribution in [0.5, 0.6) is 0 Å². The molecule has 194 valence electrons. The summed E-state index contributed by atoms with van der Waals surface area (Å²) in [5.41, 5.74) is 4.61. The third kappa shape index (κ3) is 6.99. The number of hydrogen-bond donors (Lipinski definition) is 2. The molecule has 0 aromatic heterocycles. The van der Waals surface area contributed by atoms with Gasteiger partial charge in [0.1, 0.15) is 0 Å². The molecule has 4 aromatic rings. The van der Waals surface area contributed by atoms with Gasteiger partial charge in [0.25, 0.3) is 20.2 Å². The van der Waals surface area contributed by atoms with Crippen molar-refractivity contribution in [1.82, 2.24) is 0 Å². The molecule has 0 atom stereocenters. The number of rotatable bonds is 7. The maximum Gasteiger partial charge on any atom is 0.294 e. The van der Waals surface area contributed by atoms with Gasteiger partial charge in [-0.3, -0.25) is 9.11 Å². The molecule has 0 aliphatic rings. The Labute approximate surface area is 231 Å². The van der Waals surface area contributed by atoms with Gasteiger partial charge in [0.05, 0.1) is 9.79 Å². The maximum absolute atomic E-state index is 11.4. The summed E-state index contributed by atoms with van der Waals surface area (Å²) in [6.45, 7) is 0. The highest BCUT2D eigenvalue weighted by molar-refractivity contribution is 7.86. The van der Waals surface area contributed by atoms with Crippen molar-refractivity contribution in [2.75, 3.05) is 0 Å². The lowest BCUT2D eigenvalue weighted by Crippen LogP contribution is -1.98. The Kier molecular flexibility index (Phi) is 8.22. The quantitative estimate of drug-likeness (QED) is 0.171. The molecule has 0 unspecified atom stereocenters. The van der Waals surface area contributed by atoms with Crippen LogP contribution in [0.25, 0.3) is 35.4 Å². The first-order valence-electron chi connectivity index (χ1n) is 11.0. The Morgan fingerprint density at radius 1 is 0.500 bits per heavy atom. The molecular weight excluding hydrogens is 567 g/mol. The normalized spacial score (nSPS) is 12.4. The molecule has 0 amide bonds. The summed E-state index contributed by atoms with van der Waals surface area (Å²) < 4.78 is 64.0. The molecule has 4 rings (SSSR count). The van der Waals surface area contributed by atoms with E-state index in [2.05, 4.69) is 0 Å². The van der Waals surface area contributed by atoms with Crippen LogP contribution in [0.1, 0.15) is 22.3 Å². The first-order chi connectivity index (χ1) is 17.9. The van der Waals surface area contributed by atoms with Gasteiger partial charge in [-0.15, -0.1) is 0 Å². The SMILES string of the molecule is O=S(=O)(O)c1ccc(Cl)c(C=Cc2ccc(-c3ccc(C=Cc4cc(S(=O)(=O)O)ccc4Cl)cc3)cc2)c1. The minimum Gasteiger partial charge on any atom is -0.282 e. The summed E-state index contributed by atoms with van der Waals surface area (Å²) in [4.78, 5) is -0.463. The van der Waals surface area contributed by atoms with Gasteiger partial charge in [-0.05, 0) is 69.8 Å². The number of halogens is 2. The molecule has 0 radical (unpaired) electrons. The second-order valence-electron chi connectivity index (χ2n) is 8.23. The van der Waals surface area contributed by atoms with Gasteiger partial charge in [-0.1, -0.05) is 96.0 Å². The highest BCUT2D eigenvalue weighted by Crippen LogP contribution is 2.26. The van der Waals surface area contributed by atoms with E-state index in [9.17, 15) is 25.9 Å². The Hall–Kier alpha value is -3.24. The fraction of sp³-hybridized carbons (Fsp3) is 0. The second kappa shape index (κ2) is 11.2. The van der Waals surface area contributed by atoms with Gasteiger partial charge in [-0.25, -0.2) is 0 Å². The summed E-state index contributed by atoms with van der Waals surface area (Å²) in [5, 5.41) is 0.709. The molecule has 0 spiro atoms. The van der Waals surface area contributed by atoms with Crippen LogP contribution in [0.2, 0.25) is 10.0 Å². The topological polar surface area (TPSA) is 109 Å². The Morgan fingerprint density at radius 3 is 1.16 bits per heavy atom. The van der Waals surface area contributed by atoms with E-state index in [0.717, 1.165) is 22.3 Å². The molecule has 2 N–H and O–H groups in total. The first-order valence-corrected chi connectivity index (χ1v) is 14.6. The number of hydrogen-bond acceptors (Lipinski definition) is 4. The van der Waals surface area contributed by atoms with Crippen molar-refractivity contribution < 1.29 is 25.9 Å². The molecule has 0 fully saturated rings. The van der Waals surface area contributed by atoms with E-state index in [4.69, 9.17) is 23.2 Å². The second-order valence-corrected chi connectivity index (χ2v) is 11.9. The van der Waals surface area contributed by atoms with Crippen molar-refractivity contribution in [3.63, 3.8) is 0 Å². The minimum absolute atomic E-state index is 0.232. The van der Waals surface area contributed by atoms with Crippen molar-refractivity contribution in [3.05, 3.63) is 117 Å². The summed E-state index contributed by atoms with van der Waals surface area (Å²) >= 11 is 12.3. The molecule has 4 aromatic carbocycles. The third-order valence-electron chi connectivity index (χ3n) is 5.60. The Bertz CT molecular complexity index is 1630. The summed E-state index contributed by atoms with van der Waals surface area (Å²) in [6.07, 6.45) is 6.92. The standard InChI is InChI=1S/C28H20Cl2O6S2/c29-27-15-13-25(37(31,32)33)17-23(27)11-5-19-1-7-21(8-2-19)22-9-3-20(4-10-22)6-12-24-18-26(38(34,35)36)14-16-28(24)30/h1-18H,(H,31,32,33)(H,34,35,36). The van der Waals surface area contributed by atoms with Gasteiger partial charge < -0.3 is 0 Å². The van der Waals surface area contributed by atoms with Crippen molar-refractivity contribution in [3.8, 4) is 11.1 Å². The van der Waals surface area contributed by atoms with Gasteiger partial charge in [0, 0.05) is 10.0 Å². The lowest BCUT2D eigenvalue weighted by atomic mass is 10.0. The van der Waals surface area contributed by atoms with Crippen LogP contribution in [0.3, 0.4) is 0 Å². The molecule has 0 aliphatic carbocycles. The summed E-state index contributed by atoms with van der Waals surface area (Å²) in [6, 6.07) is 23.3. The van der Waals surface area contributed by atoms with Crippen LogP contribution in [-0.4, -0.2) is 25.9 Å². The molecule has 0 aliphatic heterocycles. The van der Waals surface area contributed by atoms with Crippen molar-refractivity contribution >= 4 is 67.7 Å². The number of benzene rings is 4. The molecular formula is C28H20Cl2O6S2.